The Kier molecular flexibility index (Phi) is 6.08. The lowest BCUT2D eigenvalue weighted by molar-refractivity contribution is -0.119. The molecule has 0 aliphatic carbocycles. The molecule has 1 rings (SSSR count). The molecule has 0 bridgehead atoms. The normalized spacial score (nSPS) is 12.4. The summed E-state index contributed by atoms with van der Waals surface area (Å²) in [5, 5.41) is 3.16. The second-order valence-electron chi connectivity index (χ2n) is 3.99. The van der Waals surface area contributed by atoms with E-state index in [0.717, 1.165) is 13.0 Å². The van der Waals surface area contributed by atoms with E-state index in [0.29, 0.717) is 5.75 Å². The minimum atomic E-state index is -0.278. The van der Waals surface area contributed by atoms with Crippen molar-refractivity contribution in [2.45, 2.75) is 31.2 Å². The lowest BCUT2D eigenvalue weighted by Crippen LogP contribution is -2.43. The summed E-state index contributed by atoms with van der Waals surface area (Å²) in [6.07, 6.45) is 0.999. The van der Waals surface area contributed by atoms with Gasteiger partial charge in [-0.1, -0.05) is 25.1 Å². The molecule has 0 heterocycles. The van der Waals surface area contributed by atoms with E-state index in [-0.39, 0.29) is 11.9 Å². The summed E-state index contributed by atoms with van der Waals surface area (Å²) in [5.41, 5.74) is 6.60. The van der Waals surface area contributed by atoms with Crippen molar-refractivity contribution >= 4 is 17.7 Å². The molecule has 0 saturated heterocycles. The summed E-state index contributed by atoms with van der Waals surface area (Å²) in [6.45, 7) is 4.96. The van der Waals surface area contributed by atoms with Gasteiger partial charge < -0.3 is 11.1 Å². The van der Waals surface area contributed by atoms with E-state index in [9.17, 15) is 4.79 Å². The molecule has 0 spiro atoms. The molecule has 1 aromatic carbocycles. The molecular weight excluding hydrogens is 232 g/mol. The number of hydrogen-bond donors (Lipinski definition) is 2. The van der Waals surface area contributed by atoms with Crippen LogP contribution in [0.1, 0.15) is 18.9 Å². The Morgan fingerprint density at radius 3 is 2.76 bits per heavy atom. The summed E-state index contributed by atoms with van der Waals surface area (Å²) in [5.74, 6) is 0.403. The Bertz CT molecular complexity index is 368. The van der Waals surface area contributed by atoms with Gasteiger partial charge >= 0.3 is 0 Å². The third kappa shape index (κ3) is 4.79. The molecule has 0 aromatic heterocycles. The number of hydrogen-bond acceptors (Lipinski definition) is 3. The second kappa shape index (κ2) is 7.35. The highest BCUT2D eigenvalue weighted by Gasteiger charge is 2.14. The van der Waals surface area contributed by atoms with Crippen LogP contribution in [0, 0.1) is 6.92 Å². The fourth-order valence-electron chi connectivity index (χ4n) is 1.45. The highest BCUT2D eigenvalue weighted by molar-refractivity contribution is 7.99. The number of primary amides is 1. The molecule has 3 nitrogen and oxygen atoms in total. The van der Waals surface area contributed by atoms with Crippen molar-refractivity contribution in [2.75, 3.05) is 12.3 Å². The van der Waals surface area contributed by atoms with Crippen LogP contribution in [0.2, 0.25) is 0 Å². The number of carbonyl (C=O) groups is 1. The van der Waals surface area contributed by atoms with Crippen LogP contribution >= 0.6 is 11.8 Å². The Balaban J connectivity index is 2.52. The fraction of sp³-hybridized carbons (Fsp3) is 0.462. The average molecular weight is 252 g/mol. The summed E-state index contributed by atoms with van der Waals surface area (Å²) in [7, 11) is 0. The molecule has 1 aromatic rings. The Labute approximate surface area is 107 Å². The van der Waals surface area contributed by atoms with Gasteiger partial charge in [0.05, 0.1) is 6.04 Å². The Morgan fingerprint density at radius 1 is 1.47 bits per heavy atom. The Morgan fingerprint density at radius 2 is 2.18 bits per heavy atom. The number of carbonyl (C=O) groups excluding carboxylic acids is 1. The molecule has 1 unspecified atom stereocenters. The lowest BCUT2D eigenvalue weighted by Gasteiger charge is -2.15. The second-order valence-corrected chi connectivity index (χ2v) is 5.05. The van der Waals surface area contributed by atoms with E-state index in [1.54, 1.807) is 11.8 Å². The molecule has 0 radical (unpaired) electrons. The van der Waals surface area contributed by atoms with E-state index >= 15 is 0 Å². The van der Waals surface area contributed by atoms with E-state index < -0.39 is 0 Å². The van der Waals surface area contributed by atoms with Crippen LogP contribution in [0.4, 0.5) is 0 Å². The van der Waals surface area contributed by atoms with E-state index in [2.05, 4.69) is 31.3 Å². The first-order valence-corrected chi connectivity index (χ1v) is 6.84. The van der Waals surface area contributed by atoms with Gasteiger partial charge in [0.15, 0.2) is 0 Å². The number of benzene rings is 1. The van der Waals surface area contributed by atoms with Gasteiger partial charge in [-0.3, -0.25) is 4.79 Å². The SMILES string of the molecule is CCCNC(CSc1ccccc1C)C(N)=O. The van der Waals surface area contributed by atoms with Gasteiger partial charge in [-0.2, -0.15) is 0 Å². The third-order valence-electron chi connectivity index (χ3n) is 2.48. The maximum atomic E-state index is 11.3. The topological polar surface area (TPSA) is 55.1 Å². The standard InChI is InChI=1S/C13H20N2OS/c1-3-8-15-11(13(14)16)9-17-12-7-5-4-6-10(12)2/h4-7,11,15H,3,8-9H2,1-2H3,(H2,14,16). The lowest BCUT2D eigenvalue weighted by atomic mass is 10.2. The first kappa shape index (κ1) is 14.1. The quantitative estimate of drug-likeness (QED) is 0.729. The van der Waals surface area contributed by atoms with Gasteiger partial charge in [-0.15, -0.1) is 11.8 Å². The van der Waals surface area contributed by atoms with Gasteiger partial charge in [0, 0.05) is 10.6 Å². The zero-order chi connectivity index (χ0) is 12.7. The van der Waals surface area contributed by atoms with Crippen molar-refractivity contribution in [3.05, 3.63) is 29.8 Å². The summed E-state index contributed by atoms with van der Waals surface area (Å²) >= 11 is 1.67. The molecule has 1 amide bonds. The third-order valence-corrected chi connectivity index (χ3v) is 3.75. The van der Waals surface area contributed by atoms with Crippen molar-refractivity contribution in [3.8, 4) is 0 Å². The molecular formula is C13H20N2OS. The van der Waals surface area contributed by atoms with Crippen LogP contribution in [-0.2, 0) is 4.79 Å². The minimum absolute atomic E-state index is 0.250. The monoisotopic (exact) mass is 252 g/mol. The molecule has 0 saturated carbocycles. The largest absolute Gasteiger partial charge is 0.368 e. The van der Waals surface area contributed by atoms with Gasteiger partial charge in [-0.25, -0.2) is 0 Å². The van der Waals surface area contributed by atoms with Crippen LogP contribution in [0.25, 0.3) is 0 Å². The molecule has 17 heavy (non-hydrogen) atoms. The molecule has 94 valence electrons. The first-order valence-electron chi connectivity index (χ1n) is 5.86. The highest BCUT2D eigenvalue weighted by Crippen LogP contribution is 2.22. The fourth-order valence-corrected chi connectivity index (χ4v) is 2.55. The van der Waals surface area contributed by atoms with Crippen molar-refractivity contribution in [2.24, 2.45) is 5.73 Å². The number of nitrogens with one attached hydrogen (secondary N) is 1. The van der Waals surface area contributed by atoms with Gasteiger partial charge in [0.2, 0.25) is 5.91 Å². The summed E-state index contributed by atoms with van der Waals surface area (Å²) < 4.78 is 0. The van der Waals surface area contributed by atoms with Crippen LogP contribution in [0.15, 0.2) is 29.2 Å². The number of nitrogens with two attached hydrogens (primary N) is 1. The molecule has 1 atom stereocenters. The highest BCUT2D eigenvalue weighted by atomic mass is 32.2. The van der Waals surface area contributed by atoms with E-state index in [1.807, 2.05) is 12.1 Å². The predicted molar refractivity (Wildman–Crippen MR) is 73.2 cm³/mol. The number of aryl methyl sites for hydroxylation is 1. The van der Waals surface area contributed by atoms with E-state index in [4.69, 9.17) is 5.73 Å². The summed E-state index contributed by atoms with van der Waals surface area (Å²) in [4.78, 5) is 12.5. The molecule has 0 fully saturated rings. The average Bonchev–Trinajstić information content (AvgIpc) is 2.31. The molecule has 0 aliphatic heterocycles. The smallest absolute Gasteiger partial charge is 0.235 e. The predicted octanol–water partition coefficient (Wildman–Crippen LogP) is 1.94. The molecule has 4 heteroatoms. The van der Waals surface area contributed by atoms with Gasteiger partial charge in [-0.05, 0) is 31.5 Å². The molecule has 3 N–H and O–H groups in total. The maximum absolute atomic E-state index is 11.3. The van der Waals surface area contributed by atoms with E-state index in [1.165, 1.54) is 10.5 Å². The zero-order valence-corrected chi connectivity index (χ0v) is 11.2. The van der Waals surface area contributed by atoms with Crippen molar-refractivity contribution in [3.63, 3.8) is 0 Å². The number of rotatable bonds is 7. The van der Waals surface area contributed by atoms with Crippen LogP contribution in [-0.4, -0.2) is 24.2 Å². The van der Waals surface area contributed by atoms with Crippen LogP contribution < -0.4 is 11.1 Å². The van der Waals surface area contributed by atoms with Crippen molar-refractivity contribution in [1.29, 1.82) is 0 Å². The molecule has 0 aliphatic rings. The number of thioether (sulfide) groups is 1. The zero-order valence-electron chi connectivity index (χ0n) is 10.4. The van der Waals surface area contributed by atoms with Crippen molar-refractivity contribution in [1.82, 2.24) is 5.32 Å². The minimum Gasteiger partial charge on any atom is -0.368 e. The number of amides is 1. The van der Waals surface area contributed by atoms with Crippen LogP contribution in [0.3, 0.4) is 0 Å². The Hall–Kier alpha value is -1.00. The first-order chi connectivity index (χ1) is 8.15. The maximum Gasteiger partial charge on any atom is 0.235 e. The van der Waals surface area contributed by atoms with Gasteiger partial charge in [0.25, 0.3) is 0 Å². The van der Waals surface area contributed by atoms with Crippen molar-refractivity contribution < 1.29 is 4.79 Å². The summed E-state index contributed by atoms with van der Waals surface area (Å²) in [6, 6.07) is 7.91. The van der Waals surface area contributed by atoms with Gasteiger partial charge in [0.1, 0.15) is 0 Å². The van der Waals surface area contributed by atoms with Crippen LogP contribution in [0.5, 0.6) is 0 Å².